The van der Waals surface area contributed by atoms with Crippen LogP contribution in [0, 0.1) is 0 Å². The van der Waals surface area contributed by atoms with Crippen LogP contribution in [0.1, 0.15) is 16.1 Å². The maximum Gasteiger partial charge on any atom is 0.271 e. The van der Waals surface area contributed by atoms with Gasteiger partial charge in [0.2, 0.25) is 0 Å². The van der Waals surface area contributed by atoms with Crippen LogP contribution in [0.15, 0.2) is 36.5 Å². The molecule has 0 spiro atoms. The van der Waals surface area contributed by atoms with Crippen molar-refractivity contribution in [2.45, 2.75) is 6.42 Å². The molecule has 7 heteroatoms. The second-order valence-corrected chi connectivity index (χ2v) is 6.21. The third kappa shape index (κ3) is 3.61. The summed E-state index contributed by atoms with van der Waals surface area (Å²) in [7, 11) is 0. The number of pyridine rings is 1. The lowest BCUT2D eigenvalue weighted by Crippen LogP contribution is -2.26. The maximum atomic E-state index is 12.1. The number of rotatable bonds is 4. The number of hydrogen-bond donors (Lipinski definition) is 2. The van der Waals surface area contributed by atoms with Gasteiger partial charge < -0.3 is 10.3 Å². The van der Waals surface area contributed by atoms with Crippen molar-refractivity contribution in [3.8, 4) is 0 Å². The van der Waals surface area contributed by atoms with Gasteiger partial charge in [-0.2, -0.15) is 0 Å². The van der Waals surface area contributed by atoms with Gasteiger partial charge in [0.1, 0.15) is 10.8 Å². The number of aromatic nitrogens is 2. The average molecular weight is 369 g/mol. The van der Waals surface area contributed by atoms with Crippen LogP contribution in [0.4, 0.5) is 0 Å². The van der Waals surface area contributed by atoms with Gasteiger partial charge in [0.05, 0.1) is 5.02 Å². The number of aromatic amines is 1. The molecule has 0 saturated carbocycles. The summed E-state index contributed by atoms with van der Waals surface area (Å²) in [5, 5.41) is 5.02. The van der Waals surface area contributed by atoms with Crippen LogP contribution < -0.4 is 5.32 Å². The normalized spacial score (nSPS) is 10.9. The molecular weight excluding hydrogens is 357 g/mol. The molecular formula is C16H12Cl3N3O. The lowest BCUT2D eigenvalue weighted by atomic mass is 10.1. The first-order valence-corrected chi connectivity index (χ1v) is 8.04. The highest BCUT2D eigenvalue weighted by molar-refractivity contribution is 6.34. The molecule has 3 aromatic rings. The Balaban J connectivity index is 1.67. The van der Waals surface area contributed by atoms with Crippen LogP contribution in [0.3, 0.4) is 0 Å². The van der Waals surface area contributed by atoms with Crippen molar-refractivity contribution in [2.75, 3.05) is 6.54 Å². The molecule has 0 bridgehead atoms. The van der Waals surface area contributed by atoms with Gasteiger partial charge in [-0.05, 0) is 42.3 Å². The number of fused-ring (bicyclic) bond motifs is 1. The standard InChI is InChI=1S/C16H12Cl3N3O/c17-10-1-3-13-11(7-10)9(8-21-13)5-6-20-16(23)15-12(18)2-4-14(19)22-15/h1-4,7-8,21H,5-6H2,(H,20,23). The fourth-order valence-corrected chi connectivity index (χ4v) is 2.84. The third-order valence-electron chi connectivity index (χ3n) is 3.44. The summed E-state index contributed by atoms with van der Waals surface area (Å²) in [6, 6.07) is 8.75. The zero-order chi connectivity index (χ0) is 16.4. The van der Waals surface area contributed by atoms with Crippen LogP contribution in [0.2, 0.25) is 15.2 Å². The number of carbonyl (C=O) groups is 1. The summed E-state index contributed by atoms with van der Waals surface area (Å²) in [5.74, 6) is -0.352. The SMILES string of the molecule is O=C(NCCc1c[nH]c2ccc(Cl)cc12)c1nc(Cl)ccc1Cl. The van der Waals surface area contributed by atoms with Gasteiger partial charge in [-0.1, -0.05) is 34.8 Å². The Labute approximate surface area is 147 Å². The van der Waals surface area contributed by atoms with Crippen molar-refractivity contribution < 1.29 is 4.79 Å². The van der Waals surface area contributed by atoms with E-state index < -0.39 is 0 Å². The molecule has 4 nitrogen and oxygen atoms in total. The fraction of sp³-hybridized carbons (Fsp3) is 0.125. The van der Waals surface area contributed by atoms with E-state index >= 15 is 0 Å². The van der Waals surface area contributed by atoms with Crippen molar-refractivity contribution in [1.82, 2.24) is 15.3 Å². The number of nitrogens with one attached hydrogen (secondary N) is 2. The minimum absolute atomic E-state index is 0.126. The molecule has 0 atom stereocenters. The minimum Gasteiger partial charge on any atom is -0.361 e. The number of H-pyrrole nitrogens is 1. The summed E-state index contributed by atoms with van der Waals surface area (Å²) < 4.78 is 0. The van der Waals surface area contributed by atoms with Crippen molar-refractivity contribution in [3.63, 3.8) is 0 Å². The van der Waals surface area contributed by atoms with Gasteiger partial charge in [-0.15, -0.1) is 0 Å². The molecule has 1 amide bonds. The van der Waals surface area contributed by atoms with E-state index in [0.717, 1.165) is 16.5 Å². The zero-order valence-corrected chi connectivity index (χ0v) is 14.1. The Morgan fingerprint density at radius 3 is 2.83 bits per heavy atom. The summed E-state index contributed by atoms with van der Waals surface area (Å²) in [6.07, 6.45) is 2.57. The third-order valence-corrected chi connectivity index (χ3v) is 4.19. The van der Waals surface area contributed by atoms with Crippen LogP contribution in [-0.4, -0.2) is 22.4 Å². The van der Waals surface area contributed by atoms with Gasteiger partial charge >= 0.3 is 0 Å². The predicted octanol–water partition coefficient (Wildman–Crippen LogP) is 4.50. The first kappa shape index (κ1) is 16.1. The van der Waals surface area contributed by atoms with Crippen LogP contribution >= 0.6 is 34.8 Å². The Bertz CT molecular complexity index is 876. The largest absolute Gasteiger partial charge is 0.361 e. The van der Waals surface area contributed by atoms with Crippen molar-refractivity contribution >= 4 is 51.6 Å². The summed E-state index contributed by atoms with van der Waals surface area (Å²) in [4.78, 5) is 19.2. The molecule has 0 saturated heterocycles. The molecule has 0 aliphatic carbocycles. The number of halogens is 3. The molecule has 0 aliphatic heterocycles. The predicted molar refractivity (Wildman–Crippen MR) is 93.6 cm³/mol. The van der Waals surface area contributed by atoms with Crippen LogP contribution in [0.5, 0.6) is 0 Å². The monoisotopic (exact) mass is 367 g/mol. The van der Waals surface area contributed by atoms with Gasteiger partial charge in [0.25, 0.3) is 5.91 Å². The van der Waals surface area contributed by atoms with E-state index in [1.165, 1.54) is 6.07 Å². The molecule has 3 rings (SSSR count). The molecule has 2 N–H and O–H groups in total. The van der Waals surface area contributed by atoms with E-state index in [4.69, 9.17) is 34.8 Å². The highest BCUT2D eigenvalue weighted by atomic mass is 35.5. The first-order chi connectivity index (χ1) is 11.0. The second kappa shape index (κ2) is 6.79. The van der Waals surface area contributed by atoms with E-state index in [-0.39, 0.29) is 21.8 Å². The number of carbonyl (C=O) groups excluding carboxylic acids is 1. The maximum absolute atomic E-state index is 12.1. The molecule has 0 fully saturated rings. The quantitative estimate of drug-likeness (QED) is 0.666. The van der Waals surface area contributed by atoms with Crippen LogP contribution in [0.25, 0.3) is 10.9 Å². The molecule has 23 heavy (non-hydrogen) atoms. The van der Waals surface area contributed by atoms with Gasteiger partial charge in [0, 0.05) is 28.7 Å². The Morgan fingerprint density at radius 2 is 2.00 bits per heavy atom. The molecule has 0 unspecified atom stereocenters. The molecule has 0 radical (unpaired) electrons. The number of hydrogen-bond acceptors (Lipinski definition) is 2. The molecule has 1 aromatic carbocycles. The van der Waals surface area contributed by atoms with Crippen molar-refractivity contribution in [1.29, 1.82) is 0 Å². The highest BCUT2D eigenvalue weighted by Gasteiger charge is 2.13. The smallest absolute Gasteiger partial charge is 0.271 e. The fourth-order valence-electron chi connectivity index (χ4n) is 2.33. The molecule has 2 heterocycles. The molecule has 118 valence electrons. The summed E-state index contributed by atoms with van der Waals surface area (Å²) in [5.41, 5.74) is 2.21. The first-order valence-electron chi connectivity index (χ1n) is 6.90. The molecule has 2 aromatic heterocycles. The minimum atomic E-state index is -0.352. The van der Waals surface area contributed by atoms with Gasteiger partial charge in [0.15, 0.2) is 0 Å². The van der Waals surface area contributed by atoms with Crippen molar-refractivity contribution in [3.05, 3.63) is 63.0 Å². The average Bonchev–Trinajstić information content (AvgIpc) is 2.92. The van der Waals surface area contributed by atoms with Crippen LogP contribution in [-0.2, 0) is 6.42 Å². The number of nitrogens with zero attached hydrogens (tertiary/aromatic N) is 1. The Hall–Kier alpha value is -1.75. The van der Waals surface area contributed by atoms with Gasteiger partial charge in [-0.25, -0.2) is 4.98 Å². The lowest BCUT2D eigenvalue weighted by molar-refractivity contribution is 0.0949. The Kier molecular flexibility index (Phi) is 4.76. The van der Waals surface area contributed by atoms with E-state index in [0.29, 0.717) is 18.0 Å². The van der Waals surface area contributed by atoms with Gasteiger partial charge in [-0.3, -0.25) is 4.79 Å². The zero-order valence-electron chi connectivity index (χ0n) is 11.9. The van der Waals surface area contributed by atoms with E-state index in [1.807, 2.05) is 24.4 Å². The molecule has 0 aliphatic rings. The number of benzene rings is 1. The van der Waals surface area contributed by atoms with E-state index in [2.05, 4.69) is 15.3 Å². The topological polar surface area (TPSA) is 57.8 Å². The Morgan fingerprint density at radius 1 is 1.17 bits per heavy atom. The lowest BCUT2D eigenvalue weighted by Gasteiger charge is -2.06. The second-order valence-electron chi connectivity index (χ2n) is 4.97. The summed E-state index contributed by atoms with van der Waals surface area (Å²) >= 11 is 17.8. The summed E-state index contributed by atoms with van der Waals surface area (Å²) in [6.45, 7) is 0.447. The van der Waals surface area contributed by atoms with E-state index in [9.17, 15) is 4.79 Å². The highest BCUT2D eigenvalue weighted by Crippen LogP contribution is 2.22. The van der Waals surface area contributed by atoms with E-state index in [1.54, 1.807) is 6.07 Å². The van der Waals surface area contributed by atoms with Crippen molar-refractivity contribution in [2.24, 2.45) is 0 Å². The number of amides is 1.